The van der Waals surface area contributed by atoms with Crippen molar-refractivity contribution in [2.24, 2.45) is 0 Å². The smallest absolute Gasteiger partial charge is 0.227 e. The number of methoxy groups -OCH3 is 1. The van der Waals surface area contributed by atoms with Gasteiger partial charge in [0, 0.05) is 12.0 Å². The number of amides is 1. The maximum atomic E-state index is 12.5. The summed E-state index contributed by atoms with van der Waals surface area (Å²) >= 11 is 0. The van der Waals surface area contributed by atoms with Crippen LogP contribution in [0.25, 0.3) is 11.0 Å². The second-order valence-electron chi connectivity index (χ2n) is 7.29. The summed E-state index contributed by atoms with van der Waals surface area (Å²) in [6.45, 7) is 6.31. The summed E-state index contributed by atoms with van der Waals surface area (Å²) in [4.78, 5) is 17.2. The van der Waals surface area contributed by atoms with Crippen LogP contribution in [-0.2, 0) is 16.8 Å². The summed E-state index contributed by atoms with van der Waals surface area (Å²) < 4.78 is 7.42. The number of hydrogen-bond acceptors (Lipinski definition) is 3. The van der Waals surface area contributed by atoms with Crippen LogP contribution in [0.15, 0.2) is 48.5 Å². The van der Waals surface area contributed by atoms with E-state index in [1.165, 1.54) is 0 Å². The number of anilines is 1. The van der Waals surface area contributed by atoms with Gasteiger partial charge in [-0.2, -0.15) is 0 Å². The van der Waals surface area contributed by atoms with E-state index in [0.29, 0.717) is 18.8 Å². The molecule has 0 unspecified atom stereocenters. The Morgan fingerprint density at radius 3 is 2.54 bits per heavy atom. The lowest BCUT2D eigenvalue weighted by Gasteiger charge is -2.24. The maximum absolute atomic E-state index is 12.5. The van der Waals surface area contributed by atoms with Gasteiger partial charge >= 0.3 is 0 Å². The van der Waals surface area contributed by atoms with Gasteiger partial charge in [-0.1, -0.05) is 30.3 Å². The van der Waals surface area contributed by atoms with Gasteiger partial charge in [0.25, 0.3) is 0 Å². The number of ether oxygens (including phenoxy) is 1. The summed E-state index contributed by atoms with van der Waals surface area (Å²) in [7, 11) is 1.64. The summed E-state index contributed by atoms with van der Waals surface area (Å²) in [5.41, 5.74) is 2.72. The first-order valence-corrected chi connectivity index (χ1v) is 8.80. The molecule has 0 saturated carbocycles. The minimum Gasteiger partial charge on any atom is -0.496 e. The van der Waals surface area contributed by atoms with Crippen molar-refractivity contribution in [1.82, 2.24) is 9.55 Å². The molecular weight excluding hydrogens is 326 g/mol. The lowest BCUT2D eigenvalue weighted by molar-refractivity contribution is -0.116. The number of imidazole rings is 1. The van der Waals surface area contributed by atoms with Crippen molar-refractivity contribution in [3.63, 3.8) is 0 Å². The molecule has 1 amide bonds. The van der Waals surface area contributed by atoms with Crippen LogP contribution in [0.3, 0.4) is 0 Å². The number of aryl methyl sites for hydroxylation is 1. The summed E-state index contributed by atoms with van der Waals surface area (Å²) in [5.74, 6) is 1.34. The molecule has 0 radical (unpaired) electrons. The number of fused-ring (bicyclic) bond motifs is 1. The molecule has 0 aliphatic heterocycles. The Labute approximate surface area is 154 Å². The highest BCUT2D eigenvalue weighted by Crippen LogP contribution is 2.28. The molecule has 0 spiro atoms. The molecule has 0 saturated heterocycles. The fourth-order valence-corrected chi connectivity index (χ4v) is 3.13. The third kappa shape index (κ3) is 3.72. The van der Waals surface area contributed by atoms with Crippen LogP contribution >= 0.6 is 0 Å². The van der Waals surface area contributed by atoms with Gasteiger partial charge in [0.15, 0.2) is 0 Å². The number of carbonyl (C=O) groups excluding carboxylic acids is 1. The molecule has 3 aromatic rings. The SMILES string of the molecule is COc1ccccc1CCC(=O)Nc1nc2ccccc2n1C(C)(C)C. The van der Waals surface area contributed by atoms with Gasteiger partial charge in [-0.15, -0.1) is 0 Å². The number of rotatable bonds is 5. The Balaban J connectivity index is 1.79. The number of nitrogens with one attached hydrogen (secondary N) is 1. The van der Waals surface area contributed by atoms with Crippen molar-refractivity contribution in [1.29, 1.82) is 0 Å². The van der Waals surface area contributed by atoms with Gasteiger partial charge in [0.1, 0.15) is 5.75 Å². The van der Waals surface area contributed by atoms with Gasteiger partial charge in [-0.25, -0.2) is 4.98 Å². The summed E-state index contributed by atoms with van der Waals surface area (Å²) in [5, 5.41) is 2.99. The fourth-order valence-electron chi connectivity index (χ4n) is 3.13. The van der Waals surface area contributed by atoms with E-state index in [4.69, 9.17) is 4.74 Å². The molecule has 2 aromatic carbocycles. The number of nitrogens with zero attached hydrogens (tertiary/aromatic N) is 2. The molecule has 0 atom stereocenters. The Morgan fingerprint density at radius 1 is 1.12 bits per heavy atom. The number of benzene rings is 2. The highest BCUT2D eigenvalue weighted by atomic mass is 16.5. The van der Waals surface area contributed by atoms with Crippen LogP contribution in [-0.4, -0.2) is 22.6 Å². The molecule has 1 heterocycles. The molecule has 0 fully saturated rings. The first kappa shape index (κ1) is 18.0. The van der Waals surface area contributed by atoms with Crippen molar-refractivity contribution in [3.8, 4) is 5.75 Å². The molecular formula is C21H25N3O2. The number of aromatic nitrogens is 2. The number of hydrogen-bond donors (Lipinski definition) is 1. The molecule has 26 heavy (non-hydrogen) atoms. The van der Waals surface area contributed by atoms with Crippen LogP contribution in [0.2, 0.25) is 0 Å². The van der Waals surface area contributed by atoms with E-state index in [1.54, 1.807) is 7.11 Å². The van der Waals surface area contributed by atoms with E-state index >= 15 is 0 Å². The average Bonchev–Trinajstić information content (AvgIpc) is 2.98. The van der Waals surface area contributed by atoms with Crippen LogP contribution in [0, 0.1) is 0 Å². The lowest BCUT2D eigenvalue weighted by Crippen LogP contribution is -2.26. The molecule has 0 aliphatic carbocycles. The molecule has 0 aliphatic rings. The van der Waals surface area contributed by atoms with Crippen LogP contribution in [0.5, 0.6) is 5.75 Å². The third-order valence-electron chi connectivity index (χ3n) is 4.30. The van der Waals surface area contributed by atoms with Crippen molar-refractivity contribution in [2.75, 3.05) is 12.4 Å². The van der Waals surface area contributed by atoms with Crippen molar-refractivity contribution in [3.05, 3.63) is 54.1 Å². The Hall–Kier alpha value is -2.82. The normalized spacial score (nSPS) is 11.5. The summed E-state index contributed by atoms with van der Waals surface area (Å²) in [6.07, 6.45) is 0.985. The number of carbonyl (C=O) groups is 1. The van der Waals surface area contributed by atoms with E-state index in [2.05, 4.69) is 35.6 Å². The highest BCUT2D eigenvalue weighted by Gasteiger charge is 2.22. The Bertz CT molecular complexity index is 922. The zero-order valence-electron chi connectivity index (χ0n) is 15.7. The minimum absolute atomic E-state index is 0.0586. The zero-order chi connectivity index (χ0) is 18.7. The van der Waals surface area contributed by atoms with Crippen molar-refractivity contribution in [2.45, 2.75) is 39.2 Å². The van der Waals surface area contributed by atoms with Crippen molar-refractivity contribution < 1.29 is 9.53 Å². The second kappa shape index (κ2) is 7.20. The molecule has 0 bridgehead atoms. The van der Waals surface area contributed by atoms with Crippen molar-refractivity contribution >= 4 is 22.9 Å². The van der Waals surface area contributed by atoms with Crippen LogP contribution in [0.4, 0.5) is 5.95 Å². The standard InChI is InChI=1S/C21H25N3O2/c1-21(2,3)24-17-11-7-6-10-16(17)22-20(24)23-19(25)14-13-15-9-5-8-12-18(15)26-4/h5-12H,13-14H2,1-4H3,(H,22,23,25). The lowest BCUT2D eigenvalue weighted by atomic mass is 10.1. The Morgan fingerprint density at radius 2 is 1.81 bits per heavy atom. The fraction of sp³-hybridized carbons (Fsp3) is 0.333. The topological polar surface area (TPSA) is 56.1 Å². The third-order valence-corrected chi connectivity index (χ3v) is 4.30. The van der Waals surface area contributed by atoms with Crippen LogP contribution in [0.1, 0.15) is 32.8 Å². The van der Waals surface area contributed by atoms with E-state index < -0.39 is 0 Å². The molecule has 1 N–H and O–H groups in total. The molecule has 136 valence electrons. The average molecular weight is 351 g/mol. The van der Waals surface area contributed by atoms with E-state index in [0.717, 1.165) is 22.3 Å². The highest BCUT2D eigenvalue weighted by molar-refractivity contribution is 5.91. The predicted molar refractivity (Wildman–Crippen MR) is 105 cm³/mol. The molecule has 3 rings (SSSR count). The van der Waals surface area contributed by atoms with E-state index in [-0.39, 0.29) is 11.4 Å². The monoisotopic (exact) mass is 351 g/mol. The first-order valence-electron chi connectivity index (χ1n) is 8.80. The molecule has 5 nitrogen and oxygen atoms in total. The minimum atomic E-state index is -0.193. The molecule has 5 heteroatoms. The van der Waals surface area contributed by atoms with Gasteiger partial charge in [-0.05, 0) is 51.0 Å². The predicted octanol–water partition coefficient (Wildman–Crippen LogP) is 4.37. The zero-order valence-corrected chi connectivity index (χ0v) is 15.7. The van der Waals surface area contributed by atoms with Gasteiger partial charge in [0.05, 0.1) is 18.1 Å². The van der Waals surface area contributed by atoms with E-state index in [1.807, 2.05) is 48.5 Å². The summed E-state index contributed by atoms with van der Waals surface area (Å²) in [6, 6.07) is 15.7. The first-order chi connectivity index (χ1) is 12.4. The largest absolute Gasteiger partial charge is 0.496 e. The van der Waals surface area contributed by atoms with Gasteiger partial charge < -0.3 is 9.30 Å². The van der Waals surface area contributed by atoms with Gasteiger partial charge in [-0.3, -0.25) is 10.1 Å². The second-order valence-corrected chi connectivity index (χ2v) is 7.29. The van der Waals surface area contributed by atoms with E-state index in [9.17, 15) is 4.79 Å². The number of para-hydroxylation sites is 3. The quantitative estimate of drug-likeness (QED) is 0.742. The van der Waals surface area contributed by atoms with Crippen LogP contribution < -0.4 is 10.1 Å². The Kier molecular flexibility index (Phi) is 4.98. The maximum Gasteiger partial charge on any atom is 0.227 e. The molecule has 1 aromatic heterocycles. The van der Waals surface area contributed by atoms with Gasteiger partial charge in [0.2, 0.25) is 11.9 Å².